The molecule has 0 amide bonds. The molecule has 2 aromatic rings. The molecule has 0 atom stereocenters. The molecule has 1 aromatic heterocycles. The Bertz CT molecular complexity index is 537. The standard InChI is InChI=1S/C15H20N2OS/c1-4-16-9-14-13(10-18-3)17-15(19-14)12-8-6-5-7-11(12)2/h5-8,16H,4,9-10H2,1-3H3. The molecule has 0 unspecified atom stereocenters. The summed E-state index contributed by atoms with van der Waals surface area (Å²) in [6, 6.07) is 8.37. The van der Waals surface area contributed by atoms with Gasteiger partial charge in [-0.1, -0.05) is 31.2 Å². The second-order valence-electron chi connectivity index (χ2n) is 4.42. The Morgan fingerprint density at radius 2 is 2.11 bits per heavy atom. The highest BCUT2D eigenvalue weighted by molar-refractivity contribution is 7.15. The van der Waals surface area contributed by atoms with Gasteiger partial charge in [0.2, 0.25) is 0 Å². The first kappa shape index (κ1) is 14.2. The van der Waals surface area contributed by atoms with Crippen molar-refractivity contribution >= 4 is 11.3 Å². The van der Waals surface area contributed by atoms with E-state index in [1.807, 2.05) is 0 Å². The minimum Gasteiger partial charge on any atom is -0.378 e. The van der Waals surface area contributed by atoms with Crippen molar-refractivity contribution in [1.82, 2.24) is 10.3 Å². The zero-order valence-corrected chi connectivity index (χ0v) is 12.5. The number of aryl methyl sites for hydroxylation is 1. The van der Waals surface area contributed by atoms with Crippen molar-refractivity contribution in [1.29, 1.82) is 0 Å². The molecule has 0 aliphatic heterocycles. The van der Waals surface area contributed by atoms with E-state index in [0.717, 1.165) is 23.8 Å². The molecule has 1 N–H and O–H groups in total. The van der Waals surface area contributed by atoms with Crippen LogP contribution < -0.4 is 5.32 Å². The minimum atomic E-state index is 0.573. The lowest BCUT2D eigenvalue weighted by Crippen LogP contribution is -2.12. The van der Waals surface area contributed by atoms with Crippen molar-refractivity contribution in [3.63, 3.8) is 0 Å². The number of ether oxygens (including phenoxy) is 1. The maximum atomic E-state index is 5.24. The number of hydrogen-bond donors (Lipinski definition) is 1. The van der Waals surface area contributed by atoms with Gasteiger partial charge in [0.05, 0.1) is 12.3 Å². The van der Waals surface area contributed by atoms with Crippen molar-refractivity contribution in [2.24, 2.45) is 0 Å². The molecule has 0 fully saturated rings. The summed E-state index contributed by atoms with van der Waals surface area (Å²) < 4.78 is 5.24. The van der Waals surface area contributed by atoms with E-state index in [0.29, 0.717) is 6.61 Å². The van der Waals surface area contributed by atoms with Crippen molar-refractivity contribution in [2.75, 3.05) is 13.7 Å². The molecule has 0 spiro atoms. The molecule has 2 rings (SSSR count). The van der Waals surface area contributed by atoms with Gasteiger partial charge in [0.1, 0.15) is 5.01 Å². The smallest absolute Gasteiger partial charge is 0.124 e. The zero-order chi connectivity index (χ0) is 13.7. The molecule has 19 heavy (non-hydrogen) atoms. The van der Waals surface area contributed by atoms with Gasteiger partial charge >= 0.3 is 0 Å². The lowest BCUT2D eigenvalue weighted by atomic mass is 10.1. The van der Waals surface area contributed by atoms with Gasteiger partial charge in [0.15, 0.2) is 0 Å². The molecule has 0 saturated heterocycles. The van der Waals surface area contributed by atoms with Gasteiger partial charge in [0.25, 0.3) is 0 Å². The number of nitrogens with one attached hydrogen (secondary N) is 1. The lowest BCUT2D eigenvalue weighted by molar-refractivity contribution is 0.181. The van der Waals surface area contributed by atoms with E-state index in [1.54, 1.807) is 18.4 Å². The summed E-state index contributed by atoms with van der Waals surface area (Å²) in [5.41, 5.74) is 3.52. The molecule has 3 nitrogen and oxygen atoms in total. The second kappa shape index (κ2) is 6.80. The van der Waals surface area contributed by atoms with Crippen LogP contribution in [0.15, 0.2) is 24.3 Å². The summed E-state index contributed by atoms with van der Waals surface area (Å²) in [7, 11) is 1.71. The molecule has 0 saturated carbocycles. The number of thiazole rings is 1. The molecule has 0 bridgehead atoms. The Hall–Kier alpha value is -1.23. The van der Waals surface area contributed by atoms with Gasteiger partial charge in [-0.05, 0) is 19.0 Å². The predicted molar refractivity (Wildman–Crippen MR) is 80.4 cm³/mol. The highest BCUT2D eigenvalue weighted by Gasteiger charge is 2.13. The predicted octanol–water partition coefficient (Wildman–Crippen LogP) is 3.37. The Labute approximate surface area is 118 Å². The SMILES string of the molecule is CCNCc1sc(-c2ccccc2C)nc1COC. The molecule has 1 heterocycles. The molecule has 4 heteroatoms. The summed E-state index contributed by atoms with van der Waals surface area (Å²) in [5.74, 6) is 0. The lowest BCUT2D eigenvalue weighted by Gasteiger charge is -2.00. The normalized spacial score (nSPS) is 10.9. The van der Waals surface area contributed by atoms with Gasteiger partial charge in [-0.3, -0.25) is 0 Å². The van der Waals surface area contributed by atoms with Crippen LogP contribution in [-0.4, -0.2) is 18.6 Å². The number of methoxy groups -OCH3 is 1. The summed E-state index contributed by atoms with van der Waals surface area (Å²) in [6.45, 7) is 6.63. The first-order valence-corrected chi connectivity index (χ1v) is 7.32. The molecule has 1 aromatic carbocycles. The van der Waals surface area contributed by atoms with Crippen LogP contribution >= 0.6 is 11.3 Å². The van der Waals surface area contributed by atoms with E-state index < -0.39 is 0 Å². The summed E-state index contributed by atoms with van der Waals surface area (Å²) in [4.78, 5) is 6.00. The fourth-order valence-electron chi connectivity index (χ4n) is 1.94. The van der Waals surface area contributed by atoms with Crippen LogP contribution in [0.25, 0.3) is 10.6 Å². The summed E-state index contributed by atoms with van der Waals surface area (Å²) >= 11 is 1.75. The zero-order valence-electron chi connectivity index (χ0n) is 11.7. The fraction of sp³-hybridized carbons (Fsp3) is 0.400. The van der Waals surface area contributed by atoms with E-state index >= 15 is 0 Å². The average Bonchev–Trinajstić information content (AvgIpc) is 2.80. The molecule has 102 valence electrons. The molecular weight excluding hydrogens is 256 g/mol. The van der Waals surface area contributed by atoms with Crippen LogP contribution in [0, 0.1) is 6.92 Å². The highest BCUT2D eigenvalue weighted by Crippen LogP contribution is 2.30. The van der Waals surface area contributed by atoms with Crippen LogP contribution in [0.3, 0.4) is 0 Å². The summed E-state index contributed by atoms with van der Waals surface area (Å²) in [5, 5.41) is 4.44. The molecule has 0 aliphatic carbocycles. The van der Waals surface area contributed by atoms with Crippen molar-refractivity contribution in [3.8, 4) is 10.6 Å². The van der Waals surface area contributed by atoms with Gasteiger partial charge < -0.3 is 10.1 Å². The monoisotopic (exact) mass is 276 g/mol. The van der Waals surface area contributed by atoms with Crippen molar-refractivity contribution in [3.05, 3.63) is 40.4 Å². The minimum absolute atomic E-state index is 0.573. The van der Waals surface area contributed by atoms with Gasteiger partial charge in [-0.2, -0.15) is 0 Å². The van der Waals surface area contributed by atoms with Crippen LogP contribution in [0.1, 0.15) is 23.1 Å². The van der Waals surface area contributed by atoms with Gasteiger partial charge in [-0.15, -0.1) is 11.3 Å². The molecule has 0 aliphatic rings. The van der Waals surface area contributed by atoms with Crippen LogP contribution in [0.5, 0.6) is 0 Å². The number of rotatable bonds is 6. The van der Waals surface area contributed by atoms with Crippen LogP contribution in [-0.2, 0) is 17.9 Å². The van der Waals surface area contributed by atoms with E-state index in [4.69, 9.17) is 9.72 Å². The van der Waals surface area contributed by atoms with E-state index in [-0.39, 0.29) is 0 Å². The van der Waals surface area contributed by atoms with Gasteiger partial charge in [-0.25, -0.2) is 4.98 Å². The fourth-order valence-corrected chi connectivity index (χ4v) is 3.06. The Kier molecular flexibility index (Phi) is 5.07. The molecule has 0 radical (unpaired) electrons. The first-order chi connectivity index (χ1) is 9.26. The highest BCUT2D eigenvalue weighted by atomic mass is 32.1. The number of nitrogens with zero attached hydrogens (tertiary/aromatic N) is 1. The van der Waals surface area contributed by atoms with Crippen LogP contribution in [0.2, 0.25) is 0 Å². The Morgan fingerprint density at radius 3 is 2.79 bits per heavy atom. The maximum absolute atomic E-state index is 5.24. The Morgan fingerprint density at radius 1 is 1.32 bits per heavy atom. The Balaban J connectivity index is 2.34. The number of aromatic nitrogens is 1. The largest absolute Gasteiger partial charge is 0.378 e. The van der Waals surface area contributed by atoms with Crippen molar-refractivity contribution < 1.29 is 4.74 Å². The average molecular weight is 276 g/mol. The quantitative estimate of drug-likeness (QED) is 0.878. The molecular formula is C15H20N2OS. The van der Waals surface area contributed by atoms with E-state index in [9.17, 15) is 0 Å². The number of hydrogen-bond acceptors (Lipinski definition) is 4. The van der Waals surface area contributed by atoms with E-state index in [1.165, 1.54) is 16.0 Å². The maximum Gasteiger partial charge on any atom is 0.124 e. The van der Waals surface area contributed by atoms with Crippen LogP contribution in [0.4, 0.5) is 0 Å². The third kappa shape index (κ3) is 3.41. The van der Waals surface area contributed by atoms with E-state index in [2.05, 4.69) is 43.4 Å². The topological polar surface area (TPSA) is 34.2 Å². The summed E-state index contributed by atoms with van der Waals surface area (Å²) in [6.07, 6.45) is 0. The third-order valence-corrected chi connectivity index (χ3v) is 4.10. The second-order valence-corrected chi connectivity index (χ2v) is 5.50. The first-order valence-electron chi connectivity index (χ1n) is 6.50. The van der Waals surface area contributed by atoms with Gasteiger partial charge in [0, 0.05) is 24.1 Å². The van der Waals surface area contributed by atoms with Crippen molar-refractivity contribution in [2.45, 2.75) is 27.0 Å². The number of benzene rings is 1. The third-order valence-electron chi connectivity index (χ3n) is 2.97.